The fourth-order valence-electron chi connectivity index (χ4n) is 1.32. The van der Waals surface area contributed by atoms with Gasteiger partial charge in [-0.2, -0.15) is 13.2 Å². The van der Waals surface area contributed by atoms with Crippen LogP contribution in [-0.4, -0.2) is 9.97 Å². The van der Waals surface area contributed by atoms with Gasteiger partial charge in [0.15, 0.2) is 0 Å². The summed E-state index contributed by atoms with van der Waals surface area (Å²) >= 11 is 5.47. The average Bonchev–Trinajstić information content (AvgIpc) is 2.82. The molecule has 0 aliphatic heterocycles. The third kappa shape index (κ3) is 2.07. The molecule has 0 N–H and O–H groups in total. The van der Waals surface area contributed by atoms with Gasteiger partial charge < -0.3 is 0 Å². The summed E-state index contributed by atoms with van der Waals surface area (Å²) in [5, 5.41) is -0.340. The van der Waals surface area contributed by atoms with Crippen molar-refractivity contribution in [1.29, 1.82) is 0 Å². The van der Waals surface area contributed by atoms with Crippen molar-refractivity contribution in [2.75, 3.05) is 0 Å². The Morgan fingerprint density at radius 2 is 1.93 bits per heavy atom. The topological polar surface area (TPSA) is 25.8 Å². The van der Waals surface area contributed by atoms with Gasteiger partial charge in [-0.05, 0) is 30.5 Å². The van der Waals surface area contributed by atoms with Crippen LogP contribution in [0.2, 0.25) is 5.28 Å². The number of nitrogens with zero attached hydrogens (tertiary/aromatic N) is 2. The molecule has 0 spiro atoms. The molecule has 1 fully saturated rings. The molecule has 1 aliphatic carbocycles. The standard InChI is InChI=1S/C9H8ClF3N2/c1-8(2-3-8)5-4-6(9(11,12)13)15-7(10)14-5/h4H,2-3H2,1H3. The van der Waals surface area contributed by atoms with E-state index in [2.05, 4.69) is 9.97 Å². The summed E-state index contributed by atoms with van der Waals surface area (Å²) in [7, 11) is 0. The lowest BCUT2D eigenvalue weighted by atomic mass is 10.0. The lowest BCUT2D eigenvalue weighted by Gasteiger charge is -2.11. The van der Waals surface area contributed by atoms with Gasteiger partial charge in [0.2, 0.25) is 5.28 Å². The molecule has 2 rings (SSSR count). The first-order chi connectivity index (χ1) is 6.81. The van der Waals surface area contributed by atoms with Gasteiger partial charge in [-0.3, -0.25) is 0 Å². The van der Waals surface area contributed by atoms with E-state index < -0.39 is 11.9 Å². The maximum atomic E-state index is 12.4. The Bertz CT molecular complexity index is 375. The fourth-order valence-corrected chi connectivity index (χ4v) is 1.50. The Morgan fingerprint density at radius 1 is 1.33 bits per heavy atom. The van der Waals surface area contributed by atoms with Gasteiger partial charge in [0.25, 0.3) is 0 Å². The van der Waals surface area contributed by atoms with Gasteiger partial charge in [0, 0.05) is 5.41 Å². The number of rotatable bonds is 1. The minimum absolute atomic E-state index is 0.243. The van der Waals surface area contributed by atoms with Crippen molar-refractivity contribution < 1.29 is 13.2 Å². The zero-order valence-corrected chi connectivity index (χ0v) is 8.65. The van der Waals surface area contributed by atoms with Crippen LogP contribution in [0.25, 0.3) is 0 Å². The van der Waals surface area contributed by atoms with Crippen LogP contribution >= 0.6 is 11.6 Å². The van der Waals surface area contributed by atoms with Gasteiger partial charge >= 0.3 is 6.18 Å². The number of halogens is 4. The predicted molar refractivity (Wildman–Crippen MR) is 48.6 cm³/mol. The van der Waals surface area contributed by atoms with Crippen LogP contribution in [0.4, 0.5) is 13.2 Å². The van der Waals surface area contributed by atoms with E-state index in [1.54, 1.807) is 0 Å². The van der Waals surface area contributed by atoms with Crippen LogP contribution in [0.15, 0.2) is 6.07 Å². The minimum Gasteiger partial charge on any atom is -0.222 e. The maximum absolute atomic E-state index is 12.4. The van der Waals surface area contributed by atoms with Crippen LogP contribution in [0.3, 0.4) is 0 Å². The van der Waals surface area contributed by atoms with E-state index in [0.717, 1.165) is 18.9 Å². The third-order valence-corrected chi connectivity index (χ3v) is 2.78. The Hall–Kier alpha value is -0.840. The molecule has 6 heteroatoms. The Morgan fingerprint density at radius 3 is 2.40 bits per heavy atom. The molecule has 1 aromatic rings. The van der Waals surface area contributed by atoms with Crippen molar-refractivity contribution in [1.82, 2.24) is 9.97 Å². The average molecular weight is 237 g/mol. The smallest absolute Gasteiger partial charge is 0.222 e. The Kier molecular flexibility index (Phi) is 2.19. The second-order valence-corrected chi connectivity index (χ2v) is 4.30. The highest BCUT2D eigenvalue weighted by Gasteiger charge is 2.43. The zero-order chi connectivity index (χ0) is 11.3. The summed E-state index contributed by atoms with van der Waals surface area (Å²) in [6.07, 6.45) is -2.78. The second kappa shape index (κ2) is 3.07. The molecule has 0 saturated heterocycles. The summed E-state index contributed by atoms with van der Waals surface area (Å²) < 4.78 is 37.2. The van der Waals surface area contributed by atoms with Gasteiger partial charge in [-0.1, -0.05) is 6.92 Å². The molecule has 82 valence electrons. The monoisotopic (exact) mass is 236 g/mol. The van der Waals surface area contributed by atoms with Gasteiger partial charge in [0.05, 0.1) is 5.69 Å². The highest BCUT2D eigenvalue weighted by atomic mass is 35.5. The van der Waals surface area contributed by atoms with Crippen LogP contribution in [0, 0.1) is 0 Å². The van der Waals surface area contributed by atoms with Crippen LogP contribution in [0.5, 0.6) is 0 Å². The van der Waals surface area contributed by atoms with Crippen molar-refractivity contribution in [2.45, 2.75) is 31.4 Å². The van der Waals surface area contributed by atoms with E-state index >= 15 is 0 Å². The van der Waals surface area contributed by atoms with Crippen LogP contribution in [-0.2, 0) is 11.6 Å². The van der Waals surface area contributed by atoms with E-state index in [1.807, 2.05) is 6.92 Å². The van der Waals surface area contributed by atoms with Crippen molar-refractivity contribution >= 4 is 11.6 Å². The summed E-state index contributed by atoms with van der Waals surface area (Å²) in [5.41, 5.74) is -0.826. The van der Waals surface area contributed by atoms with E-state index in [1.165, 1.54) is 0 Å². The van der Waals surface area contributed by atoms with Crippen LogP contribution in [0.1, 0.15) is 31.2 Å². The fraction of sp³-hybridized carbons (Fsp3) is 0.556. The number of alkyl halides is 3. The largest absolute Gasteiger partial charge is 0.433 e. The first kappa shape index (κ1) is 10.7. The van der Waals surface area contributed by atoms with E-state index in [0.29, 0.717) is 5.69 Å². The molecule has 1 heterocycles. The molecular weight excluding hydrogens is 229 g/mol. The molecule has 0 amide bonds. The molecule has 0 aromatic carbocycles. The van der Waals surface area contributed by atoms with Crippen molar-refractivity contribution in [2.24, 2.45) is 0 Å². The first-order valence-electron chi connectivity index (χ1n) is 4.43. The van der Waals surface area contributed by atoms with Crippen LogP contribution < -0.4 is 0 Å². The highest BCUT2D eigenvalue weighted by Crippen LogP contribution is 2.47. The van der Waals surface area contributed by atoms with Crippen molar-refractivity contribution in [3.8, 4) is 0 Å². The Balaban J connectivity index is 2.46. The molecule has 0 unspecified atom stereocenters. The molecule has 1 aromatic heterocycles. The lowest BCUT2D eigenvalue weighted by molar-refractivity contribution is -0.141. The molecule has 0 bridgehead atoms. The molecule has 1 aliphatic rings. The summed E-state index contributed by atoms with van der Waals surface area (Å²) in [6.45, 7) is 1.87. The molecule has 0 atom stereocenters. The maximum Gasteiger partial charge on any atom is 0.433 e. The highest BCUT2D eigenvalue weighted by molar-refractivity contribution is 6.28. The summed E-state index contributed by atoms with van der Waals surface area (Å²) in [5.74, 6) is 0. The normalized spacial score (nSPS) is 19.0. The van der Waals surface area contributed by atoms with E-state index in [4.69, 9.17) is 11.6 Å². The quantitative estimate of drug-likeness (QED) is 0.700. The summed E-state index contributed by atoms with van der Waals surface area (Å²) in [4.78, 5) is 7.01. The molecule has 2 nitrogen and oxygen atoms in total. The SMILES string of the molecule is CC1(c2cc(C(F)(F)F)nc(Cl)n2)CC1. The summed E-state index contributed by atoms with van der Waals surface area (Å²) in [6, 6.07) is 0.985. The molecule has 15 heavy (non-hydrogen) atoms. The number of aromatic nitrogens is 2. The molecular formula is C9H8ClF3N2. The number of hydrogen-bond donors (Lipinski definition) is 0. The van der Waals surface area contributed by atoms with Gasteiger partial charge in [-0.15, -0.1) is 0 Å². The van der Waals surface area contributed by atoms with Crippen molar-refractivity contribution in [3.63, 3.8) is 0 Å². The van der Waals surface area contributed by atoms with Gasteiger partial charge in [0.1, 0.15) is 5.69 Å². The van der Waals surface area contributed by atoms with Gasteiger partial charge in [-0.25, -0.2) is 9.97 Å². The third-order valence-electron chi connectivity index (χ3n) is 2.61. The Labute approximate surface area is 89.5 Å². The lowest BCUT2D eigenvalue weighted by Crippen LogP contribution is -2.13. The van der Waals surface area contributed by atoms with E-state index in [9.17, 15) is 13.2 Å². The zero-order valence-electron chi connectivity index (χ0n) is 7.90. The van der Waals surface area contributed by atoms with E-state index in [-0.39, 0.29) is 10.7 Å². The predicted octanol–water partition coefficient (Wildman–Crippen LogP) is 3.20. The molecule has 1 saturated carbocycles. The second-order valence-electron chi connectivity index (χ2n) is 3.97. The number of hydrogen-bond acceptors (Lipinski definition) is 2. The van der Waals surface area contributed by atoms with Crippen molar-refractivity contribution in [3.05, 3.63) is 22.7 Å². The molecule has 0 radical (unpaired) electrons. The minimum atomic E-state index is -4.47. The first-order valence-corrected chi connectivity index (χ1v) is 4.81.